The van der Waals surface area contributed by atoms with E-state index in [0.29, 0.717) is 19.3 Å². The molecule has 1 N–H and O–H groups in total. The molecule has 0 aliphatic carbocycles. The van der Waals surface area contributed by atoms with E-state index in [9.17, 15) is 19.5 Å². The Morgan fingerprint density at radius 3 is 1.40 bits per heavy atom. The number of carboxylic acids is 1. The number of unbranched alkanes of at least 4 members (excludes halogenated alkanes) is 12. The molecule has 0 saturated carbocycles. The first-order chi connectivity index (χ1) is 30.1. The average Bonchev–Trinajstić information content (AvgIpc) is 3.23. The van der Waals surface area contributed by atoms with Crippen molar-refractivity contribution in [1.29, 1.82) is 0 Å². The van der Waals surface area contributed by atoms with Crippen molar-refractivity contribution in [3.63, 3.8) is 0 Å². The SMILES string of the molecule is CC/C=C/C/C=C/C/C=C/C/C=C/C/C=C/CCC(=O)OC(COCCC(C(=O)O)[N+](C)(C)C)COC(=O)CCCCCCCCCCC/C=C/C/C=C/C/C=C/CCCCC. The molecule has 2 atom stereocenters. The molecule has 0 fully saturated rings. The van der Waals surface area contributed by atoms with E-state index in [0.717, 1.165) is 70.6 Å². The van der Waals surface area contributed by atoms with Crippen LogP contribution in [0.2, 0.25) is 0 Å². The van der Waals surface area contributed by atoms with Crippen molar-refractivity contribution in [3.8, 4) is 0 Å². The van der Waals surface area contributed by atoms with Gasteiger partial charge in [-0.25, -0.2) is 4.79 Å². The molecule has 8 heteroatoms. The Morgan fingerprint density at radius 2 is 0.935 bits per heavy atom. The van der Waals surface area contributed by atoms with E-state index in [1.807, 2.05) is 33.3 Å². The Balaban J connectivity index is 4.37. The third-order valence-electron chi connectivity index (χ3n) is 10.2. The number of carbonyl (C=O) groups excluding carboxylic acids is 2. The highest BCUT2D eigenvalue weighted by molar-refractivity contribution is 5.72. The Morgan fingerprint density at radius 1 is 0.500 bits per heavy atom. The van der Waals surface area contributed by atoms with Gasteiger partial charge in [-0.2, -0.15) is 0 Å². The smallest absolute Gasteiger partial charge is 0.362 e. The normalized spacial score (nSPS) is 13.8. The summed E-state index contributed by atoms with van der Waals surface area (Å²) in [5.74, 6) is -1.59. The molecule has 0 aromatic rings. The third-order valence-corrected chi connectivity index (χ3v) is 10.2. The number of quaternary nitrogens is 1. The summed E-state index contributed by atoms with van der Waals surface area (Å²) in [4.78, 5) is 37.1. The second kappa shape index (κ2) is 43.9. The van der Waals surface area contributed by atoms with E-state index < -0.39 is 24.1 Å². The number of ether oxygens (including phenoxy) is 3. The molecule has 352 valence electrons. The molecule has 0 aliphatic heterocycles. The van der Waals surface area contributed by atoms with Crippen LogP contribution in [-0.2, 0) is 28.6 Å². The van der Waals surface area contributed by atoms with Crippen molar-refractivity contribution in [1.82, 2.24) is 0 Å². The van der Waals surface area contributed by atoms with Gasteiger partial charge < -0.3 is 23.8 Å². The number of carboxylic acid groups (broad SMARTS) is 1. The van der Waals surface area contributed by atoms with Crippen molar-refractivity contribution in [3.05, 3.63) is 97.2 Å². The predicted octanol–water partition coefficient (Wildman–Crippen LogP) is 13.9. The minimum atomic E-state index is -0.890. The highest BCUT2D eigenvalue weighted by atomic mass is 16.6. The van der Waals surface area contributed by atoms with Gasteiger partial charge in [0.15, 0.2) is 12.1 Å². The van der Waals surface area contributed by atoms with Gasteiger partial charge in [-0.05, 0) is 83.5 Å². The summed E-state index contributed by atoms with van der Waals surface area (Å²) in [6.07, 6.45) is 59.0. The number of rotatable bonds is 42. The molecule has 0 amide bonds. The molecule has 0 rings (SSSR count). The highest BCUT2D eigenvalue weighted by Gasteiger charge is 2.31. The zero-order valence-corrected chi connectivity index (χ0v) is 40.0. The number of esters is 2. The Bertz CT molecular complexity index is 1330. The van der Waals surface area contributed by atoms with Gasteiger partial charge >= 0.3 is 17.9 Å². The third kappa shape index (κ3) is 41.6. The summed E-state index contributed by atoms with van der Waals surface area (Å²) in [6, 6.07) is -0.634. The molecule has 0 aliphatic rings. The zero-order chi connectivity index (χ0) is 45.6. The van der Waals surface area contributed by atoms with Gasteiger partial charge in [0.25, 0.3) is 0 Å². The summed E-state index contributed by atoms with van der Waals surface area (Å²) in [5.41, 5.74) is 0. The molecule has 0 aromatic heterocycles. The minimum Gasteiger partial charge on any atom is -0.477 e. The Labute approximate surface area is 379 Å². The first-order valence-corrected chi connectivity index (χ1v) is 24.3. The van der Waals surface area contributed by atoms with Gasteiger partial charge in [0.2, 0.25) is 0 Å². The van der Waals surface area contributed by atoms with Crippen LogP contribution < -0.4 is 0 Å². The topological polar surface area (TPSA) is 99.1 Å². The molecular formula is C54H90NO7+. The van der Waals surface area contributed by atoms with Gasteiger partial charge in [0.05, 0.1) is 34.4 Å². The monoisotopic (exact) mass is 865 g/mol. The number of allylic oxidation sites excluding steroid dienone is 16. The molecule has 2 unspecified atom stereocenters. The maximum absolute atomic E-state index is 12.7. The largest absolute Gasteiger partial charge is 0.477 e. The van der Waals surface area contributed by atoms with Gasteiger partial charge in [-0.15, -0.1) is 0 Å². The lowest BCUT2D eigenvalue weighted by Gasteiger charge is -2.31. The van der Waals surface area contributed by atoms with E-state index in [1.165, 1.54) is 64.2 Å². The summed E-state index contributed by atoms with van der Waals surface area (Å²) >= 11 is 0. The van der Waals surface area contributed by atoms with Crippen molar-refractivity contribution >= 4 is 17.9 Å². The Kier molecular flexibility index (Phi) is 41.2. The highest BCUT2D eigenvalue weighted by Crippen LogP contribution is 2.13. The fourth-order valence-electron chi connectivity index (χ4n) is 6.50. The van der Waals surface area contributed by atoms with Crippen LogP contribution in [0.5, 0.6) is 0 Å². The molecular weight excluding hydrogens is 775 g/mol. The van der Waals surface area contributed by atoms with Crippen LogP contribution in [0.3, 0.4) is 0 Å². The summed E-state index contributed by atoms with van der Waals surface area (Å²) in [6.45, 7) is 4.50. The lowest BCUT2D eigenvalue weighted by atomic mass is 10.1. The lowest BCUT2D eigenvalue weighted by molar-refractivity contribution is -0.887. The zero-order valence-electron chi connectivity index (χ0n) is 40.0. The van der Waals surface area contributed by atoms with Crippen LogP contribution in [0.15, 0.2) is 97.2 Å². The number of carbonyl (C=O) groups is 3. The quantitative estimate of drug-likeness (QED) is 0.0282. The maximum Gasteiger partial charge on any atom is 0.362 e. The maximum atomic E-state index is 12.7. The van der Waals surface area contributed by atoms with E-state index in [4.69, 9.17) is 14.2 Å². The Hall–Kier alpha value is -3.75. The van der Waals surface area contributed by atoms with Crippen molar-refractivity contribution in [2.45, 2.75) is 187 Å². The van der Waals surface area contributed by atoms with Gasteiger partial charge in [0.1, 0.15) is 6.61 Å². The number of nitrogens with zero attached hydrogens (tertiary/aromatic N) is 1. The van der Waals surface area contributed by atoms with Gasteiger partial charge in [0, 0.05) is 19.3 Å². The molecule has 0 spiro atoms. The molecule has 8 nitrogen and oxygen atoms in total. The minimum absolute atomic E-state index is 0.0239. The lowest BCUT2D eigenvalue weighted by Crippen LogP contribution is -2.50. The number of likely N-dealkylation sites (N-methyl/N-ethyl adjacent to an activating group) is 1. The molecule has 0 bridgehead atoms. The van der Waals surface area contributed by atoms with Gasteiger partial charge in [-0.3, -0.25) is 9.59 Å². The van der Waals surface area contributed by atoms with Crippen molar-refractivity contribution in [2.75, 3.05) is 41.0 Å². The molecule has 62 heavy (non-hydrogen) atoms. The first kappa shape index (κ1) is 58.2. The van der Waals surface area contributed by atoms with Crippen LogP contribution in [0.1, 0.15) is 174 Å². The van der Waals surface area contributed by atoms with Crippen LogP contribution >= 0.6 is 0 Å². The number of hydrogen-bond acceptors (Lipinski definition) is 6. The molecule has 0 radical (unpaired) electrons. The number of aliphatic carboxylic acids is 1. The molecule has 0 aromatic carbocycles. The number of hydrogen-bond donors (Lipinski definition) is 1. The van der Waals surface area contributed by atoms with Crippen molar-refractivity contribution < 1.29 is 38.2 Å². The van der Waals surface area contributed by atoms with Crippen LogP contribution in [0.4, 0.5) is 0 Å². The average molecular weight is 865 g/mol. The van der Waals surface area contributed by atoms with Crippen LogP contribution in [0, 0.1) is 0 Å². The standard InChI is InChI=1S/C54H89NO7/c1-6-8-10-12-14-16-18-20-22-24-25-26-27-28-29-31-32-34-36-38-40-42-44-52(56)61-49-50(48-60-47-46-51(54(58)59)55(3,4)5)62-53(57)45-43-41-39-37-35-33-30-23-21-19-17-15-13-11-9-7-2/h9,11,14-17,20-23,25-26,33,35,39,41,50-51H,6-8,10,12-13,18-19,24,27-32,34,36-38,40,42-49H2,1-5H3/p+1/b11-9+,16-14+,17-15+,22-20+,23-21+,26-25+,35-33+,41-39+. The first-order valence-electron chi connectivity index (χ1n) is 24.3. The van der Waals surface area contributed by atoms with E-state index in [2.05, 4.69) is 98.9 Å². The second-order valence-corrected chi connectivity index (χ2v) is 17.0. The van der Waals surface area contributed by atoms with Crippen molar-refractivity contribution in [2.24, 2.45) is 0 Å². The summed E-state index contributed by atoms with van der Waals surface area (Å²) in [5, 5.41) is 9.64. The van der Waals surface area contributed by atoms with Crippen LogP contribution in [0.25, 0.3) is 0 Å². The van der Waals surface area contributed by atoms with E-state index in [-0.39, 0.29) is 36.7 Å². The molecule has 0 heterocycles. The summed E-state index contributed by atoms with van der Waals surface area (Å²) < 4.78 is 17.2. The van der Waals surface area contributed by atoms with E-state index >= 15 is 0 Å². The second-order valence-electron chi connectivity index (χ2n) is 17.0. The summed E-state index contributed by atoms with van der Waals surface area (Å²) in [7, 11) is 5.49. The fraction of sp³-hybridized carbons (Fsp3) is 0.648. The predicted molar refractivity (Wildman–Crippen MR) is 261 cm³/mol. The van der Waals surface area contributed by atoms with E-state index in [1.54, 1.807) is 0 Å². The van der Waals surface area contributed by atoms with Crippen LogP contribution in [-0.4, -0.2) is 80.6 Å². The van der Waals surface area contributed by atoms with Gasteiger partial charge in [-0.1, -0.05) is 169 Å². The fourth-order valence-corrected chi connectivity index (χ4v) is 6.50. The molecule has 0 saturated heterocycles.